The maximum Gasteiger partial charge on any atom is 0.323 e. The topological polar surface area (TPSA) is 47.6 Å². The summed E-state index contributed by atoms with van der Waals surface area (Å²) in [6.45, 7) is 7.71. The first kappa shape index (κ1) is 17.5. The number of esters is 1. The molecule has 0 aliphatic heterocycles. The summed E-state index contributed by atoms with van der Waals surface area (Å²) in [4.78, 5) is 11.9. The summed E-state index contributed by atoms with van der Waals surface area (Å²) in [6.07, 6.45) is 2.57. The van der Waals surface area contributed by atoms with Crippen molar-refractivity contribution >= 4 is 5.97 Å². The minimum atomic E-state index is -0.292. The van der Waals surface area contributed by atoms with Crippen LogP contribution in [0.15, 0.2) is 24.3 Å². The Hall–Kier alpha value is -1.55. The highest BCUT2D eigenvalue weighted by molar-refractivity contribution is 5.75. The Labute approximate surface area is 127 Å². The van der Waals surface area contributed by atoms with E-state index >= 15 is 0 Å². The van der Waals surface area contributed by atoms with Crippen molar-refractivity contribution in [1.29, 1.82) is 0 Å². The van der Waals surface area contributed by atoms with Gasteiger partial charge >= 0.3 is 5.97 Å². The van der Waals surface area contributed by atoms with Gasteiger partial charge in [-0.05, 0) is 44.0 Å². The molecule has 0 aliphatic carbocycles. The number of rotatable bonds is 10. The molecule has 0 saturated heterocycles. The summed E-state index contributed by atoms with van der Waals surface area (Å²) >= 11 is 0. The lowest BCUT2D eigenvalue weighted by Crippen LogP contribution is -2.39. The first-order valence-corrected chi connectivity index (χ1v) is 7.83. The van der Waals surface area contributed by atoms with Crippen LogP contribution in [0.25, 0.3) is 0 Å². The lowest BCUT2D eigenvalue weighted by atomic mass is 10.1. The van der Waals surface area contributed by atoms with Gasteiger partial charge < -0.3 is 14.8 Å². The molecule has 0 amide bonds. The largest absolute Gasteiger partial charge is 0.494 e. The molecule has 4 nitrogen and oxygen atoms in total. The molecule has 0 aliphatic rings. The van der Waals surface area contributed by atoms with Crippen LogP contribution < -0.4 is 10.1 Å². The number of carbonyl (C=O) groups is 1. The van der Waals surface area contributed by atoms with Crippen molar-refractivity contribution in [3.63, 3.8) is 0 Å². The summed E-state index contributed by atoms with van der Waals surface area (Å²) in [6, 6.07) is 7.76. The molecule has 21 heavy (non-hydrogen) atoms. The second kappa shape index (κ2) is 10.2. The van der Waals surface area contributed by atoms with E-state index in [2.05, 4.69) is 25.2 Å². The van der Waals surface area contributed by atoms with E-state index in [1.807, 2.05) is 25.1 Å². The maximum atomic E-state index is 11.9. The zero-order valence-electron chi connectivity index (χ0n) is 13.4. The Bertz CT molecular complexity index is 420. The minimum absolute atomic E-state index is 0.197. The third-order valence-corrected chi connectivity index (χ3v) is 3.19. The average molecular weight is 293 g/mol. The zero-order chi connectivity index (χ0) is 15.5. The molecule has 118 valence electrons. The van der Waals surface area contributed by atoms with Gasteiger partial charge in [0.1, 0.15) is 11.8 Å². The summed E-state index contributed by atoms with van der Waals surface area (Å²) in [7, 11) is 0. The normalized spacial score (nSPS) is 12.0. The van der Waals surface area contributed by atoms with Gasteiger partial charge in [0.25, 0.3) is 0 Å². The molecule has 0 aromatic heterocycles. The molecule has 1 aromatic rings. The first-order valence-electron chi connectivity index (χ1n) is 7.83. The summed E-state index contributed by atoms with van der Waals surface area (Å²) in [5.74, 6) is 0.657. The molecule has 4 heteroatoms. The number of carbonyl (C=O) groups excluding carboxylic acids is 1. The van der Waals surface area contributed by atoms with Gasteiger partial charge in [-0.2, -0.15) is 0 Å². The third kappa shape index (κ3) is 6.63. The molecule has 0 saturated carbocycles. The van der Waals surface area contributed by atoms with Crippen molar-refractivity contribution in [2.75, 3.05) is 19.8 Å². The van der Waals surface area contributed by atoms with Gasteiger partial charge in [0.15, 0.2) is 0 Å². The van der Waals surface area contributed by atoms with Crippen molar-refractivity contribution in [3.8, 4) is 5.75 Å². The van der Waals surface area contributed by atoms with Crippen molar-refractivity contribution in [2.24, 2.45) is 0 Å². The van der Waals surface area contributed by atoms with Gasteiger partial charge in [-0.3, -0.25) is 4.79 Å². The van der Waals surface area contributed by atoms with Gasteiger partial charge in [-0.1, -0.05) is 26.0 Å². The van der Waals surface area contributed by atoms with Crippen LogP contribution in [0.1, 0.15) is 39.2 Å². The van der Waals surface area contributed by atoms with Crippen LogP contribution in [-0.4, -0.2) is 31.8 Å². The number of benzene rings is 1. The lowest BCUT2D eigenvalue weighted by molar-refractivity contribution is -0.146. The van der Waals surface area contributed by atoms with E-state index in [1.54, 1.807) is 0 Å². The highest BCUT2D eigenvalue weighted by Crippen LogP contribution is 2.14. The van der Waals surface area contributed by atoms with Crippen LogP contribution in [0.5, 0.6) is 5.75 Å². The predicted octanol–water partition coefficient (Wildman–Crippen LogP) is 2.95. The SMILES string of the molecule is CCCNC(CCOc1cccc(CC)c1)C(=O)OCC. The highest BCUT2D eigenvalue weighted by atomic mass is 16.5. The van der Waals surface area contributed by atoms with E-state index in [9.17, 15) is 4.79 Å². The molecule has 0 heterocycles. The Morgan fingerprint density at radius 3 is 2.76 bits per heavy atom. The number of hydrogen-bond donors (Lipinski definition) is 1. The molecule has 0 spiro atoms. The van der Waals surface area contributed by atoms with E-state index in [1.165, 1.54) is 5.56 Å². The molecule has 1 aromatic carbocycles. The van der Waals surface area contributed by atoms with Crippen LogP contribution in [0, 0.1) is 0 Å². The minimum Gasteiger partial charge on any atom is -0.494 e. The Morgan fingerprint density at radius 1 is 1.29 bits per heavy atom. The average Bonchev–Trinajstić information content (AvgIpc) is 2.51. The second-order valence-corrected chi connectivity index (χ2v) is 4.90. The van der Waals surface area contributed by atoms with Crippen molar-refractivity contribution in [2.45, 2.75) is 46.1 Å². The Balaban J connectivity index is 2.45. The zero-order valence-corrected chi connectivity index (χ0v) is 13.4. The molecule has 0 bridgehead atoms. The second-order valence-electron chi connectivity index (χ2n) is 4.90. The van der Waals surface area contributed by atoms with Crippen molar-refractivity contribution in [3.05, 3.63) is 29.8 Å². The summed E-state index contributed by atoms with van der Waals surface area (Å²) in [5, 5.41) is 3.21. The van der Waals surface area contributed by atoms with Gasteiger partial charge in [0.2, 0.25) is 0 Å². The number of aryl methyl sites for hydroxylation is 1. The van der Waals surface area contributed by atoms with Crippen molar-refractivity contribution < 1.29 is 14.3 Å². The Kier molecular flexibility index (Phi) is 8.51. The van der Waals surface area contributed by atoms with E-state index < -0.39 is 0 Å². The van der Waals surface area contributed by atoms with E-state index in [0.29, 0.717) is 19.6 Å². The highest BCUT2D eigenvalue weighted by Gasteiger charge is 2.18. The van der Waals surface area contributed by atoms with Crippen LogP contribution in [-0.2, 0) is 16.0 Å². The molecule has 0 fully saturated rings. The van der Waals surface area contributed by atoms with Gasteiger partial charge in [-0.25, -0.2) is 0 Å². The number of ether oxygens (including phenoxy) is 2. The van der Waals surface area contributed by atoms with Crippen LogP contribution in [0.2, 0.25) is 0 Å². The fourth-order valence-electron chi connectivity index (χ4n) is 2.01. The molecule has 1 unspecified atom stereocenters. The van der Waals surface area contributed by atoms with Crippen molar-refractivity contribution in [1.82, 2.24) is 5.32 Å². The monoisotopic (exact) mass is 293 g/mol. The maximum absolute atomic E-state index is 11.9. The van der Waals surface area contributed by atoms with E-state index in [0.717, 1.165) is 25.1 Å². The van der Waals surface area contributed by atoms with E-state index in [-0.39, 0.29) is 12.0 Å². The standard InChI is InChI=1S/C17H27NO3/c1-4-11-18-16(17(19)20-6-3)10-12-21-15-9-7-8-14(5-2)13-15/h7-9,13,16,18H,4-6,10-12H2,1-3H3. The fraction of sp³-hybridized carbons (Fsp3) is 0.588. The third-order valence-electron chi connectivity index (χ3n) is 3.19. The first-order chi connectivity index (χ1) is 10.2. The molecular weight excluding hydrogens is 266 g/mol. The van der Waals surface area contributed by atoms with Gasteiger partial charge in [-0.15, -0.1) is 0 Å². The molecular formula is C17H27NO3. The van der Waals surface area contributed by atoms with E-state index in [4.69, 9.17) is 9.47 Å². The molecule has 1 atom stereocenters. The number of nitrogens with one attached hydrogen (secondary N) is 1. The smallest absolute Gasteiger partial charge is 0.323 e. The quantitative estimate of drug-likeness (QED) is 0.674. The van der Waals surface area contributed by atoms with Crippen LogP contribution in [0.3, 0.4) is 0 Å². The molecule has 0 radical (unpaired) electrons. The lowest BCUT2D eigenvalue weighted by Gasteiger charge is -2.17. The summed E-state index contributed by atoms with van der Waals surface area (Å²) in [5.41, 5.74) is 1.25. The van der Waals surface area contributed by atoms with Gasteiger partial charge in [0.05, 0.1) is 13.2 Å². The fourth-order valence-corrected chi connectivity index (χ4v) is 2.01. The van der Waals surface area contributed by atoms with Crippen LogP contribution >= 0.6 is 0 Å². The molecule has 1 rings (SSSR count). The summed E-state index contributed by atoms with van der Waals surface area (Å²) < 4.78 is 10.8. The Morgan fingerprint density at radius 2 is 2.10 bits per heavy atom. The molecule has 1 N–H and O–H groups in total. The predicted molar refractivity (Wildman–Crippen MR) is 84.6 cm³/mol. The van der Waals surface area contributed by atoms with Gasteiger partial charge in [0, 0.05) is 6.42 Å². The van der Waals surface area contributed by atoms with Crippen LogP contribution in [0.4, 0.5) is 0 Å². The number of hydrogen-bond acceptors (Lipinski definition) is 4.